The standard InChI is InChI=1S/C16H24N2O2/c1-2-13-8-6-7-11-15(13)20-12-17-16(19)18-14-9-4-3-5-10-14/h6-8,11,14H,2-5,9-10,12H2,1H3,(H2,17,18,19). The van der Waals surface area contributed by atoms with Crippen LogP contribution in [0.15, 0.2) is 24.3 Å². The van der Waals surface area contributed by atoms with Gasteiger partial charge in [0, 0.05) is 6.04 Å². The van der Waals surface area contributed by atoms with Crippen LogP contribution < -0.4 is 15.4 Å². The van der Waals surface area contributed by atoms with Crippen LogP contribution >= 0.6 is 0 Å². The highest BCUT2D eigenvalue weighted by Crippen LogP contribution is 2.18. The lowest BCUT2D eigenvalue weighted by molar-refractivity contribution is 0.216. The number of hydrogen-bond donors (Lipinski definition) is 2. The number of ether oxygens (including phenoxy) is 1. The lowest BCUT2D eigenvalue weighted by Crippen LogP contribution is -2.44. The smallest absolute Gasteiger partial charge is 0.317 e. The lowest BCUT2D eigenvalue weighted by atomic mass is 9.96. The third-order valence-corrected chi connectivity index (χ3v) is 3.75. The third-order valence-electron chi connectivity index (χ3n) is 3.75. The SMILES string of the molecule is CCc1ccccc1OCNC(=O)NC1CCCCC1. The van der Waals surface area contributed by atoms with Crippen LogP contribution in [-0.4, -0.2) is 18.8 Å². The summed E-state index contributed by atoms with van der Waals surface area (Å²) in [6, 6.07) is 8.10. The van der Waals surface area contributed by atoms with E-state index in [4.69, 9.17) is 4.74 Å². The number of nitrogens with one attached hydrogen (secondary N) is 2. The van der Waals surface area contributed by atoms with E-state index in [0.29, 0.717) is 6.04 Å². The minimum absolute atomic E-state index is 0.133. The van der Waals surface area contributed by atoms with Crippen LogP contribution in [0, 0.1) is 0 Å². The Morgan fingerprint density at radius 1 is 1.25 bits per heavy atom. The Morgan fingerprint density at radius 2 is 2.00 bits per heavy atom. The summed E-state index contributed by atoms with van der Waals surface area (Å²) in [6.45, 7) is 2.29. The number of hydrogen-bond acceptors (Lipinski definition) is 2. The zero-order valence-corrected chi connectivity index (χ0v) is 12.2. The Balaban J connectivity index is 1.70. The van der Waals surface area contributed by atoms with Crippen molar-refractivity contribution in [1.82, 2.24) is 10.6 Å². The molecule has 20 heavy (non-hydrogen) atoms. The molecule has 1 fully saturated rings. The van der Waals surface area contributed by atoms with E-state index in [9.17, 15) is 4.79 Å². The summed E-state index contributed by atoms with van der Waals surface area (Å²) >= 11 is 0. The highest BCUT2D eigenvalue weighted by Gasteiger charge is 2.15. The molecule has 1 aliphatic carbocycles. The van der Waals surface area contributed by atoms with Crippen LogP contribution in [0.25, 0.3) is 0 Å². The van der Waals surface area contributed by atoms with E-state index < -0.39 is 0 Å². The van der Waals surface area contributed by atoms with Crippen LogP contribution in [0.3, 0.4) is 0 Å². The fraction of sp³-hybridized carbons (Fsp3) is 0.562. The second-order valence-corrected chi connectivity index (χ2v) is 5.24. The highest BCUT2D eigenvalue weighted by molar-refractivity contribution is 5.74. The normalized spacial score (nSPS) is 15.7. The summed E-state index contributed by atoms with van der Waals surface area (Å²) in [7, 11) is 0. The molecule has 0 radical (unpaired) electrons. The van der Waals surface area contributed by atoms with Gasteiger partial charge in [0.05, 0.1) is 0 Å². The molecule has 4 heteroatoms. The summed E-state index contributed by atoms with van der Waals surface area (Å²) in [5, 5.41) is 5.76. The van der Waals surface area contributed by atoms with Gasteiger partial charge in [-0.15, -0.1) is 0 Å². The molecule has 0 atom stereocenters. The molecule has 0 aliphatic heterocycles. The molecule has 2 N–H and O–H groups in total. The van der Waals surface area contributed by atoms with Crippen molar-refractivity contribution in [3.63, 3.8) is 0 Å². The average Bonchev–Trinajstić information content (AvgIpc) is 2.49. The molecule has 2 amide bonds. The molecule has 110 valence electrons. The molecule has 1 aromatic rings. The summed E-state index contributed by atoms with van der Waals surface area (Å²) in [5.41, 5.74) is 1.15. The molecule has 1 aromatic carbocycles. The zero-order chi connectivity index (χ0) is 14.2. The van der Waals surface area contributed by atoms with Crippen molar-refractivity contribution < 1.29 is 9.53 Å². The maximum Gasteiger partial charge on any atom is 0.317 e. The molecule has 4 nitrogen and oxygen atoms in total. The Bertz CT molecular complexity index is 428. The van der Waals surface area contributed by atoms with Gasteiger partial charge in [-0.25, -0.2) is 4.79 Å². The molecular formula is C16H24N2O2. The molecule has 0 unspecified atom stereocenters. The number of benzene rings is 1. The van der Waals surface area contributed by atoms with Gasteiger partial charge in [-0.2, -0.15) is 0 Å². The number of aryl methyl sites for hydroxylation is 1. The van der Waals surface area contributed by atoms with Crippen LogP contribution in [-0.2, 0) is 6.42 Å². The first kappa shape index (κ1) is 14.7. The Hall–Kier alpha value is -1.71. The summed E-state index contributed by atoms with van der Waals surface area (Å²) in [4.78, 5) is 11.8. The highest BCUT2D eigenvalue weighted by atomic mass is 16.5. The van der Waals surface area contributed by atoms with Crippen molar-refractivity contribution in [2.24, 2.45) is 0 Å². The van der Waals surface area contributed by atoms with Gasteiger partial charge in [0.25, 0.3) is 0 Å². The van der Waals surface area contributed by atoms with E-state index in [2.05, 4.69) is 17.6 Å². The molecule has 1 saturated carbocycles. The molecule has 0 heterocycles. The lowest BCUT2D eigenvalue weighted by Gasteiger charge is -2.22. The van der Waals surface area contributed by atoms with Crippen molar-refractivity contribution in [3.05, 3.63) is 29.8 Å². The number of urea groups is 1. The van der Waals surface area contributed by atoms with E-state index >= 15 is 0 Å². The molecule has 1 aliphatic rings. The number of amides is 2. The van der Waals surface area contributed by atoms with E-state index in [0.717, 1.165) is 30.6 Å². The fourth-order valence-corrected chi connectivity index (χ4v) is 2.60. The predicted molar refractivity (Wildman–Crippen MR) is 79.9 cm³/mol. The van der Waals surface area contributed by atoms with E-state index in [-0.39, 0.29) is 12.8 Å². The van der Waals surface area contributed by atoms with Crippen molar-refractivity contribution in [3.8, 4) is 5.75 Å². The first-order chi connectivity index (χ1) is 9.79. The van der Waals surface area contributed by atoms with Crippen LogP contribution in [0.1, 0.15) is 44.6 Å². The van der Waals surface area contributed by atoms with Gasteiger partial charge in [0.2, 0.25) is 0 Å². The van der Waals surface area contributed by atoms with Gasteiger partial charge in [-0.1, -0.05) is 44.4 Å². The van der Waals surface area contributed by atoms with Gasteiger partial charge in [0.1, 0.15) is 5.75 Å². The summed E-state index contributed by atoms with van der Waals surface area (Å²) in [5.74, 6) is 0.841. The quantitative estimate of drug-likeness (QED) is 0.811. The molecule has 2 rings (SSSR count). The van der Waals surface area contributed by atoms with Gasteiger partial charge >= 0.3 is 6.03 Å². The number of carbonyl (C=O) groups excluding carboxylic acids is 1. The topological polar surface area (TPSA) is 50.4 Å². The Morgan fingerprint density at radius 3 is 2.75 bits per heavy atom. The maximum absolute atomic E-state index is 11.8. The van der Waals surface area contributed by atoms with Crippen LogP contribution in [0.2, 0.25) is 0 Å². The molecule has 0 aromatic heterocycles. The largest absolute Gasteiger partial charge is 0.473 e. The van der Waals surface area contributed by atoms with E-state index in [1.807, 2.05) is 24.3 Å². The van der Waals surface area contributed by atoms with Crippen LogP contribution in [0.4, 0.5) is 4.79 Å². The third kappa shape index (κ3) is 4.44. The molecule has 0 spiro atoms. The minimum Gasteiger partial charge on any atom is -0.473 e. The zero-order valence-electron chi connectivity index (χ0n) is 12.2. The Labute approximate surface area is 120 Å². The fourth-order valence-electron chi connectivity index (χ4n) is 2.60. The predicted octanol–water partition coefficient (Wildman–Crippen LogP) is 3.22. The number of rotatable bonds is 5. The summed E-state index contributed by atoms with van der Waals surface area (Å²) in [6.07, 6.45) is 6.82. The van der Waals surface area contributed by atoms with Crippen LogP contribution in [0.5, 0.6) is 5.75 Å². The maximum atomic E-state index is 11.8. The number of carbonyl (C=O) groups is 1. The monoisotopic (exact) mass is 276 g/mol. The van der Waals surface area contributed by atoms with Gasteiger partial charge in [-0.05, 0) is 30.9 Å². The van der Waals surface area contributed by atoms with Gasteiger partial charge in [0.15, 0.2) is 6.73 Å². The van der Waals surface area contributed by atoms with Gasteiger partial charge in [-0.3, -0.25) is 0 Å². The number of para-hydroxylation sites is 1. The molecule has 0 bridgehead atoms. The average molecular weight is 276 g/mol. The second kappa shape index (κ2) is 7.78. The van der Waals surface area contributed by atoms with E-state index in [1.165, 1.54) is 19.3 Å². The van der Waals surface area contributed by atoms with Crippen molar-refractivity contribution in [1.29, 1.82) is 0 Å². The van der Waals surface area contributed by atoms with Gasteiger partial charge < -0.3 is 15.4 Å². The first-order valence-corrected chi connectivity index (χ1v) is 7.54. The minimum atomic E-state index is -0.133. The van der Waals surface area contributed by atoms with Crippen molar-refractivity contribution in [2.75, 3.05) is 6.73 Å². The van der Waals surface area contributed by atoms with Crippen molar-refractivity contribution >= 4 is 6.03 Å². The molecular weight excluding hydrogens is 252 g/mol. The van der Waals surface area contributed by atoms with Crippen molar-refractivity contribution in [2.45, 2.75) is 51.5 Å². The molecule has 0 saturated heterocycles. The first-order valence-electron chi connectivity index (χ1n) is 7.54. The second-order valence-electron chi connectivity index (χ2n) is 5.24. The van der Waals surface area contributed by atoms with E-state index in [1.54, 1.807) is 0 Å². The summed E-state index contributed by atoms with van der Waals surface area (Å²) < 4.78 is 5.62. The Kier molecular flexibility index (Phi) is 5.71.